The quantitative estimate of drug-likeness (QED) is 0.828. The number of Topliss-reactive ketones (excluding diaryl/α,β-unsaturated/α-hetero) is 1. The Morgan fingerprint density at radius 2 is 2.00 bits per heavy atom. The van der Waals surface area contributed by atoms with E-state index in [1.54, 1.807) is 0 Å². The summed E-state index contributed by atoms with van der Waals surface area (Å²) in [6.07, 6.45) is 3.05. The average molecular weight is 218 g/mol. The Kier molecular flexibility index (Phi) is 3.10. The Balaban J connectivity index is 2.21. The van der Waals surface area contributed by atoms with E-state index >= 15 is 0 Å². The molecule has 2 heteroatoms. The van der Waals surface area contributed by atoms with Crippen LogP contribution in [0.15, 0.2) is 30.3 Å². The van der Waals surface area contributed by atoms with Crippen LogP contribution in [0.1, 0.15) is 38.2 Å². The van der Waals surface area contributed by atoms with Gasteiger partial charge in [-0.15, -0.1) is 0 Å². The lowest BCUT2D eigenvalue weighted by molar-refractivity contribution is -0.125. The molecule has 1 N–H and O–H groups in total. The maximum Gasteiger partial charge on any atom is 0.133 e. The van der Waals surface area contributed by atoms with Crippen molar-refractivity contribution >= 4 is 5.78 Å². The summed E-state index contributed by atoms with van der Waals surface area (Å²) in [6.45, 7) is 1.82. The van der Waals surface area contributed by atoms with Gasteiger partial charge in [0.1, 0.15) is 5.78 Å². The van der Waals surface area contributed by atoms with Crippen molar-refractivity contribution < 1.29 is 9.90 Å². The highest BCUT2D eigenvalue weighted by molar-refractivity contribution is 5.79. The molecular weight excluding hydrogens is 200 g/mol. The molecule has 1 saturated carbocycles. The van der Waals surface area contributed by atoms with Crippen molar-refractivity contribution in [1.82, 2.24) is 0 Å². The summed E-state index contributed by atoms with van der Waals surface area (Å²) < 4.78 is 0. The molecule has 1 aromatic rings. The van der Waals surface area contributed by atoms with Crippen molar-refractivity contribution in [3.8, 4) is 0 Å². The van der Waals surface area contributed by atoms with E-state index in [9.17, 15) is 9.90 Å². The van der Waals surface area contributed by atoms with Gasteiger partial charge < -0.3 is 5.11 Å². The molecule has 86 valence electrons. The van der Waals surface area contributed by atoms with Gasteiger partial charge in [0.15, 0.2) is 0 Å². The number of aliphatic hydroxyl groups is 1. The minimum Gasteiger partial charge on any atom is -0.385 e. The molecule has 0 bridgehead atoms. The van der Waals surface area contributed by atoms with E-state index in [1.807, 2.05) is 37.3 Å². The van der Waals surface area contributed by atoms with Gasteiger partial charge in [-0.25, -0.2) is 0 Å². The second-order valence-electron chi connectivity index (χ2n) is 4.85. The van der Waals surface area contributed by atoms with E-state index in [2.05, 4.69) is 0 Å². The summed E-state index contributed by atoms with van der Waals surface area (Å²) in [6, 6.07) is 9.65. The molecule has 2 atom stereocenters. The van der Waals surface area contributed by atoms with E-state index in [-0.39, 0.29) is 11.7 Å². The van der Waals surface area contributed by atoms with E-state index in [4.69, 9.17) is 0 Å². The fraction of sp³-hybridized carbons (Fsp3) is 0.500. The van der Waals surface area contributed by atoms with Crippen molar-refractivity contribution in [2.45, 2.75) is 38.2 Å². The summed E-state index contributed by atoms with van der Waals surface area (Å²) in [5.74, 6) is 0.351. The third-order valence-corrected chi connectivity index (χ3v) is 3.64. The molecule has 0 amide bonds. The lowest BCUT2D eigenvalue weighted by atomic mass is 9.74. The first-order valence-electron chi connectivity index (χ1n) is 5.90. The van der Waals surface area contributed by atoms with Crippen LogP contribution in [-0.2, 0) is 10.4 Å². The maximum atomic E-state index is 11.4. The third kappa shape index (κ3) is 2.17. The molecular formula is C14H18O2. The lowest BCUT2D eigenvalue weighted by Gasteiger charge is -2.35. The van der Waals surface area contributed by atoms with Gasteiger partial charge in [-0.05, 0) is 31.2 Å². The molecule has 0 heterocycles. The summed E-state index contributed by atoms with van der Waals surface area (Å²) in [5, 5.41) is 10.6. The molecule has 0 saturated heterocycles. The van der Waals surface area contributed by atoms with Gasteiger partial charge >= 0.3 is 0 Å². The Morgan fingerprint density at radius 1 is 1.31 bits per heavy atom. The van der Waals surface area contributed by atoms with Gasteiger partial charge in [0.05, 0.1) is 5.60 Å². The molecule has 0 aromatic heterocycles. The first kappa shape index (κ1) is 11.3. The number of hydrogen-bond donors (Lipinski definition) is 1. The van der Waals surface area contributed by atoms with Crippen LogP contribution in [0.2, 0.25) is 0 Å². The topological polar surface area (TPSA) is 37.3 Å². The third-order valence-electron chi connectivity index (χ3n) is 3.64. The molecule has 1 aliphatic rings. The largest absolute Gasteiger partial charge is 0.385 e. The summed E-state index contributed by atoms with van der Waals surface area (Å²) in [7, 11) is 0. The van der Waals surface area contributed by atoms with Gasteiger partial charge in [-0.1, -0.05) is 30.3 Å². The predicted octanol–water partition coefficient (Wildman–Crippen LogP) is 2.65. The predicted molar refractivity (Wildman–Crippen MR) is 63.0 cm³/mol. The van der Waals surface area contributed by atoms with Gasteiger partial charge in [0.25, 0.3) is 0 Å². The van der Waals surface area contributed by atoms with Crippen LogP contribution < -0.4 is 0 Å². The smallest absolute Gasteiger partial charge is 0.133 e. The van der Waals surface area contributed by atoms with Crippen LogP contribution in [0.4, 0.5) is 0 Å². The monoisotopic (exact) mass is 218 g/mol. The van der Waals surface area contributed by atoms with Crippen molar-refractivity contribution in [2.24, 2.45) is 5.92 Å². The summed E-state index contributed by atoms with van der Waals surface area (Å²) in [5.41, 5.74) is 0.0341. The van der Waals surface area contributed by atoms with E-state index in [0.717, 1.165) is 18.4 Å². The number of carbonyl (C=O) groups is 1. The number of ketones is 1. The molecule has 1 aliphatic carbocycles. The van der Waals surface area contributed by atoms with Gasteiger partial charge in [0.2, 0.25) is 0 Å². The maximum absolute atomic E-state index is 11.4. The first-order chi connectivity index (χ1) is 7.60. The van der Waals surface area contributed by atoms with Crippen molar-refractivity contribution in [3.05, 3.63) is 35.9 Å². The molecule has 1 aromatic carbocycles. The van der Waals surface area contributed by atoms with Crippen LogP contribution in [-0.4, -0.2) is 10.9 Å². The molecule has 0 aliphatic heterocycles. The molecule has 1 fully saturated rings. The number of rotatable bonds is 2. The fourth-order valence-electron chi connectivity index (χ4n) is 2.52. The van der Waals surface area contributed by atoms with Gasteiger partial charge in [0, 0.05) is 12.8 Å². The van der Waals surface area contributed by atoms with Gasteiger partial charge in [-0.3, -0.25) is 4.79 Å². The van der Waals surface area contributed by atoms with Crippen LogP contribution in [0.5, 0.6) is 0 Å². The van der Waals surface area contributed by atoms with E-state index in [0.29, 0.717) is 12.8 Å². The normalized spacial score (nSPS) is 25.1. The summed E-state index contributed by atoms with van der Waals surface area (Å²) in [4.78, 5) is 11.4. The van der Waals surface area contributed by atoms with Crippen molar-refractivity contribution in [1.29, 1.82) is 0 Å². The highest BCUT2D eigenvalue weighted by atomic mass is 16.3. The van der Waals surface area contributed by atoms with Crippen LogP contribution in [0.3, 0.4) is 0 Å². The second kappa shape index (κ2) is 4.38. The standard InChI is InChI=1S/C14H18O2/c1-14(16,11-6-3-2-4-7-11)12-8-5-9-13(15)10-12/h2-4,6-7,12,16H,5,8-10H2,1H3. The average Bonchev–Trinajstić information content (AvgIpc) is 2.30. The molecule has 2 nitrogen and oxygen atoms in total. The first-order valence-corrected chi connectivity index (χ1v) is 5.90. The zero-order chi connectivity index (χ0) is 11.6. The minimum atomic E-state index is -0.878. The Hall–Kier alpha value is -1.15. The number of benzene rings is 1. The number of hydrogen-bond acceptors (Lipinski definition) is 2. The second-order valence-corrected chi connectivity index (χ2v) is 4.85. The Morgan fingerprint density at radius 3 is 2.62 bits per heavy atom. The van der Waals surface area contributed by atoms with E-state index < -0.39 is 5.60 Å². The SMILES string of the molecule is CC(O)(c1ccccc1)C1CCCC(=O)C1. The lowest BCUT2D eigenvalue weighted by Crippen LogP contribution is -2.35. The Labute approximate surface area is 96.3 Å². The molecule has 2 rings (SSSR count). The summed E-state index contributed by atoms with van der Waals surface area (Å²) >= 11 is 0. The zero-order valence-corrected chi connectivity index (χ0v) is 9.65. The molecule has 2 unspecified atom stereocenters. The van der Waals surface area contributed by atoms with Crippen LogP contribution >= 0.6 is 0 Å². The molecule has 0 spiro atoms. The Bertz CT molecular complexity index is 368. The highest BCUT2D eigenvalue weighted by Crippen LogP contribution is 2.37. The fourth-order valence-corrected chi connectivity index (χ4v) is 2.52. The van der Waals surface area contributed by atoms with E-state index in [1.165, 1.54) is 0 Å². The number of carbonyl (C=O) groups excluding carboxylic acids is 1. The van der Waals surface area contributed by atoms with Gasteiger partial charge in [-0.2, -0.15) is 0 Å². The van der Waals surface area contributed by atoms with Crippen molar-refractivity contribution in [2.75, 3.05) is 0 Å². The van der Waals surface area contributed by atoms with Crippen LogP contribution in [0.25, 0.3) is 0 Å². The van der Waals surface area contributed by atoms with Crippen molar-refractivity contribution in [3.63, 3.8) is 0 Å². The zero-order valence-electron chi connectivity index (χ0n) is 9.65. The molecule has 16 heavy (non-hydrogen) atoms. The highest BCUT2D eigenvalue weighted by Gasteiger charge is 2.36. The van der Waals surface area contributed by atoms with Crippen LogP contribution in [0, 0.1) is 5.92 Å². The minimum absolute atomic E-state index is 0.0659. The molecule has 0 radical (unpaired) electrons.